The van der Waals surface area contributed by atoms with Crippen LogP contribution in [0.5, 0.6) is 0 Å². The number of anilines is 1. The fourth-order valence-corrected chi connectivity index (χ4v) is 4.41. The molecule has 1 fully saturated rings. The van der Waals surface area contributed by atoms with E-state index in [-0.39, 0.29) is 12.4 Å². The zero-order valence-electron chi connectivity index (χ0n) is 18.3. The summed E-state index contributed by atoms with van der Waals surface area (Å²) in [4.78, 5) is 8.97. The van der Waals surface area contributed by atoms with E-state index in [1.165, 1.54) is 18.3 Å². The molecular weight excluding hydrogens is 481 g/mol. The first-order valence-corrected chi connectivity index (χ1v) is 11.5. The number of imidazole rings is 1. The van der Waals surface area contributed by atoms with Crippen LogP contribution in [-0.4, -0.2) is 28.9 Å². The first-order valence-electron chi connectivity index (χ1n) is 10.8. The van der Waals surface area contributed by atoms with Crippen LogP contribution in [0.15, 0.2) is 53.8 Å². The minimum Gasteiger partial charge on any atom is -0.383 e. The van der Waals surface area contributed by atoms with Crippen molar-refractivity contribution in [3.63, 3.8) is 0 Å². The van der Waals surface area contributed by atoms with Gasteiger partial charge in [-0.2, -0.15) is 0 Å². The lowest BCUT2D eigenvalue weighted by Gasteiger charge is -2.15. The van der Waals surface area contributed by atoms with Crippen LogP contribution in [0.4, 0.5) is 14.6 Å². The lowest BCUT2D eigenvalue weighted by atomic mass is 10.1. The summed E-state index contributed by atoms with van der Waals surface area (Å²) >= 11 is 12.9. The number of hydrogen-bond donors (Lipinski definition) is 3. The maximum absolute atomic E-state index is 13.8. The van der Waals surface area contributed by atoms with Crippen molar-refractivity contribution in [2.45, 2.75) is 19.5 Å². The van der Waals surface area contributed by atoms with Crippen molar-refractivity contribution in [1.29, 1.82) is 0 Å². The van der Waals surface area contributed by atoms with Crippen LogP contribution in [0.25, 0.3) is 11.4 Å². The number of aromatic nitrogens is 2. The van der Waals surface area contributed by atoms with Gasteiger partial charge in [-0.3, -0.25) is 0 Å². The van der Waals surface area contributed by atoms with Crippen molar-refractivity contribution in [3.8, 4) is 11.4 Å². The molecule has 1 aromatic heterocycles. The number of rotatable bonds is 8. The van der Waals surface area contributed by atoms with E-state index >= 15 is 0 Å². The van der Waals surface area contributed by atoms with Gasteiger partial charge < -0.3 is 20.9 Å². The molecule has 0 spiro atoms. The molecule has 1 aliphatic rings. The summed E-state index contributed by atoms with van der Waals surface area (Å²) in [6.45, 7) is 6.42. The molecule has 2 heterocycles. The van der Waals surface area contributed by atoms with E-state index in [1.807, 2.05) is 4.57 Å². The number of nitrogens with two attached hydrogens (primary N) is 1. The van der Waals surface area contributed by atoms with Crippen LogP contribution in [-0.2, 0) is 13.1 Å². The highest BCUT2D eigenvalue weighted by Crippen LogP contribution is 2.36. The Morgan fingerprint density at radius 3 is 2.74 bits per heavy atom. The second-order valence-corrected chi connectivity index (χ2v) is 8.88. The molecule has 4 rings (SSSR count). The van der Waals surface area contributed by atoms with E-state index in [4.69, 9.17) is 28.9 Å². The van der Waals surface area contributed by atoms with E-state index in [0.29, 0.717) is 51.0 Å². The van der Waals surface area contributed by atoms with Crippen LogP contribution >= 0.6 is 23.2 Å². The van der Waals surface area contributed by atoms with Crippen molar-refractivity contribution < 1.29 is 8.78 Å². The SMILES string of the molecule is C=C(/N=C\c1nc(-c2c(Cl)cccc2Cl)n(CC2CCNC2)c1N)NCc1ccc(F)cc1F. The Morgan fingerprint density at radius 2 is 2.06 bits per heavy atom. The van der Waals surface area contributed by atoms with Crippen LogP contribution in [0.3, 0.4) is 0 Å². The normalized spacial score (nSPS) is 15.8. The zero-order valence-corrected chi connectivity index (χ0v) is 19.8. The van der Waals surface area contributed by atoms with Gasteiger partial charge in [0.25, 0.3) is 0 Å². The van der Waals surface area contributed by atoms with Gasteiger partial charge in [0.1, 0.15) is 34.8 Å². The van der Waals surface area contributed by atoms with Crippen molar-refractivity contribution in [1.82, 2.24) is 20.2 Å². The van der Waals surface area contributed by atoms with Crippen LogP contribution < -0.4 is 16.4 Å². The molecule has 0 saturated carbocycles. The highest BCUT2D eigenvalue weighted by Gasteiger charge is 2.23. The number of benzene rings is 2. The Hall–Kier alpha value is -2.94. The predicted octanol–water partition coefficient (Wildman–Crippen LogP) is 5.01. The van der Waals surface area contributed by atoms with Crippen molar-refractivity contribution >= 4 is 35.2 Å². The monoisotopic (exact) mass is 504 g/mol. The first-order chi connectivity index (χ1) is 16.3. The minimum absolute atomic E-state index is 0.0986. The molecule has 1 unspecified atom stereocenters. The summed E-state index contributed by atoms with van der Waals surface area (Å²) in [6.07, 6.45) is 2.51. The summed E-state index contributed by atoms with van der Waals surface area (Å²) in [5.74, 6) is 0.382. The van der Waals surface area contributed by atoms with Crippen molar-refractivity contribution in [2.24, 2.45) is 10.9 Å². The molecule has 4 N–H and O–H groups in total. The van der Waals surface area contributed by atoms with E-state index in [0.717, 1.165) is 25.6 Å². The molecule has 0 amide bonds. The number of nitrogen functional groups attached to an aromatic ring is 1. The van der Waals surface area contributed by atoms with E-state index in [9.17, 15) is 8.78 Å². The van der Waals surface area contributed by atoms with E-state index in [2.05, 4.69) is 27.2 Å². The second kappa shape index (κ2) is 10.5. The third kappa shape index (κ3) is 5.41. The Labute approximate surface area is 206 Å². The predicted molar refractivity (Wildman–Crippen MR) is 133 cm³/mol. The molecule has 2 aromatic carbocycles. The van der Waals surface area contributed by atoms with Gasteiger partial charge in [-0.25, -0.2) is 18.8 Å². The lowest BCUT2D eigenvalue weighted by molar-refractivity contribution is 0.488. The van der Waals surface area contributed by atoms with Crippen molar-refractivity contribution in [3.05, 3.63) is 81.7 Å². The number of aliphatic imine (C=N–C) groups is 1. The minimum atomic E-state index is -0.644. The quantitative estimate of drug-likeness (QED) is 0.376. The number of nitrogens with zero attached hydrogens (tertiary/aromatic N) is 3. The highest BCUT2D eigenvalue weighted by molar-refractivity contribution is 6.39. The van der Waals surface area contributed by atoms with Gasteiger partial charge >= 0.3 is 0 Å². The summed E-state index contributed by atoms with van der Waals surface area (Å²) in [7, 11) is 0. The Bertz CT molecular complexity index is 1210. The number of hydrogen-bond acceptors (Lipinski definition) is 5. The molecule has 1 aliphatic heterocycles. The molecule has 10 heteroatoms. The molecule has 0 bridgehead atoms. The van der Waals surface area contributed by atoms with Gasteiger partial charge in [0.05, 0.1) is 21.8 Å². The summed E-state index contributed by atoms with van der Waals surface area (Å²) < 4.78 is 28.8. The van der Waals surface area contributed by atoms with Crippen LogP contribution in [0.2, 0.25) is 10.0 Å². The number of nitrogens with one attached hydrogen (secondary N) is 2. The molecule has 0 aliphatic carbocycles. The second-order valence-electron chi connectivity index (χ2n) is 8.07. The van der Waals surface area contributed by atoms with Crippen molar-refractivity contribution in [2.75, 3.05) is 18.8 Å². The molecule has 6 nitrogen and oxygen atoms in total. The molecule has 178 valence electrons. The highest BCUT2D eigenvalue weighted by atomic mass is 35.5. The largest absolute Gasteiger partial charge is 0.383 e. The van der Waals surface area contributed by atoms with Gasteiger partial charge in [0.2, 0.25) is 0 Å². The van der Waals surface area contributed by atoms with E-state index < -0.39 is 11.6 Å². The summed E-state index contributed by atoms with van der Waals surface area (Å²) in [5.41, 5.74) is 7.81. The average Bonchev–Trinajstić information content (AvgIpc) is 3.41. The number of halogens is 4. The molecule has 1 saturated heterocycles. The molecule has 3 aromatic rings. The van der Waals surface area contributed by atoms with Crippen LogP contribution in [0.1, 0.15) is 17.7 Å². The third-order valence-corrected chi connectivity index (χ3v) is 6.30. The Balaban J connectivity index is 1.58. The van der Waals surface area contributed by atoms with Gasteiger partial charge in [-0.1, -0.05) is 41.9 Å². The van der Waals surface area contributed by atoms with Gasteiger partial charge in [0.15, 0.2) is 0 Å². The molecular formula is C24H24Cl2F2N6. The van der Waals surface area contributed by atoms with Gasteiger partial charge in [-0.15, -0.1) is 0 Å². The molecule has 1 atom stereocenters. The smallest absolute Gasteiger partial charge is 0.145 e. The lowest BCUT2D eigenvalue weighted by Crippen LogP contribution is -2.17. The zero-order chi connectivity index (χ0) is 24.2. The van der Waals surface area contributed by atoms with E-state index in [1.54, 1.807) is 18.2 Å². The maximum Gasteiger partial charge on any atom is 0.145 e. The summed E-state index contributed by atoms with van der Waals surface area (Å²) in [6, 6.07) is 8.67. The third-order valence-electron chi connectivity index (χ3n) is 5.67. The fraction of sp³-hybridized carbons (Fsp3) is 0.250. The maximum atomic E-state index is 13.8. The fourth-order valence-electron chi connectivity index (χ4n) is 3.84. The first kappa shape index (κ1) is 24.2. The van der Waals surface area contributed by atoms with Crippen LogP contribution in [0, 0.1) is 17.6 Å². The van der Waals surface area contributed by atoms with Gasteiger partial charge in [0, 0.05) is 24.7 Å². The average molecular weight is 505 g/mol. The topological polar surface area (TPSA) is 80.3 Å². The molecule has 34 heavy (non-hydrogen) atoms. The molecule has 0 radical (unpaired) electrons. The standard InChI is InChI=1S/C24H24Cl2F2N6/c1-14(31-11-16-5-6-17(27)9-20(16)28)32-12-21-23(29)34(13-15-7-8-30-10-15)24(33-21)22-18(25)3-2-4-19(22)26/h2-6,9,12,15,30-31H,1,7-8,10-11,13,29H2/b32-12-. The summed E-state index contributed by atoms with van der Waals surface area (Å²) in [5, 5.41) is 7.20. The Kier molecular flexibility index (Phi) is 7.50. The van der Waals surface area contributed by atoms with Gasteiger partial charge in [-0.05, 0) is 43.6 Å². The Morgan fingerprint density at radius 1 is 1.29 bits per heavy atom.